The molecule has 1 saturated carbocycles. The number of nitrogens with one attached hydrogen (secondary N) is 1. The minimum Gasteiger partial charge on any atom is -0.465 e. The summed E-state index contributed by atoms with van der Waals surface area (Å²) in [6.07, 6.45) is 4.42. The van der Waals surface area contributed by atoms with E-state index in [0.29, 0.717) is 32.4 Å². The van der Waals surface area contributed by atoms with Gasteiger partial charge in [0.25, 0.3) is 5.91 Å². The number of rotatable bonds is 7. The fourth-order valence-electron chi connectivity index (χ4n) is 4.92. The molecular weight excluding hydrogens is 514 g/mol. The maximum Gasteiger partial charge on any atom is 0.337 e. The van der Waals surface area contributed by atoms with Crippen molar-refractivity contribution in [2.45, 2.75) is 44.3 Å². The Hall–Kier alpha value is -3.21. The minimum atomic E-state index is -0.458. The monoisotopic (exact) mass is 539 g/mol. The first-order valence-electron chi connectivity index (χ1n) is 12.3. The topological polar surface area (TPSA) is 102 Å². The van der Waals surface area contributed by atoms with E-state index >= 15 is 0 Å². The molecule has 2 aliphatic rings. The number of nitrogens with zero attached hydrogens (tertiary/aromatic N) is 4. The van der Waals surface area contributed by atoms with Crippen LogP contribution in [0.4, 0.5) is 0 Å². The Labute approximate surface area is 222 Å². The van der Waals surface area contributed by atoms with Crippen LogP contribution < -0.4 is 5.32 Å². The quantitative estimate of drug-likeness (QED) is 0.342. The van der Waals surface area contributed by atoms with Crippen LogP contribution in [-0.4, -0.2) is 63.8 Å². The molecule has 1 N–H and O–H groups in total. The number of carbonyl (C=O) groups is 2. The summed E-state index contributed by atoms with van der Waals surface area (Å²) in [4.78, 5) is 33.6. The summed E-state index contributed by atoms with van der Waals surface area (Å²) in [5.74, 6) is 0.179. The molecule has 1 saturated heterocycles. The van der Waals surface area contributed by atoms with Crippen LogP contribution >= 0.6 is 22.9 Å². The summed E-state index contributed by atoms with van der Waals surface area (Å²) in [5.41, 5.74) is 2.26. The number of imidazole rings is 1. The van der Waals surface area contributed by atoms with Gasteiger partial charge in [-0.05, 0) is 56.0 Å². The second-order valence-electron chi connectivity index (χ2n) is 9.52. The predicted octanol–water partition coefficient (Wildman–Crippen LogP) is 4.60. The SMILES string of the molecule is COC(=O)c1ccc2c(c1)nc(C(=O)NC1CCN(C3CC3)CC1)n2Cc1cc(-c2ccc(Cl)s2)on1. The van der Waals surface area contributed by atoms with Crippen LogP contribution in [0.3, 0.4) is 0 Å². The number of amides is 1. The van der Waals surface area contributed by atoms with Gasteiger partial charge in [-0.2, -0.15) is 0 Å². The fraction of sp³-hybridized carbons (Fsp3) is 0.385. The van der Waals surface area contributed by atoms with Crippen LogP contribution in [0.15, 0.2) is 40.9 Å². The van der Waals surface area contributed by atoms with Crippen molar-refractivity contribution in [3.63, 3.8) is 0 Å². The molecule has 0 radical (unpaired) electrons. The lowest BCUT2D eigenvalue weighted by Gasteiger charge is -2.32. The van der Waals surface area contributed by atoms with Crippen molar-refractivity contribution < 1.29 is 18.8 Å². The van der Waals surface area contributed by atoms with Crippen molar-refractivity contribution in [3.8, 4) is 10.6 Å². The molecule has 4 aromatic rings. The first-order valence-corrected chi connectivity index (χ1v) is 13.5. The predicted molar refractivity (Wildman–Crippen MR) is 140 cm³/mol. The van der Waals surface area contributed by atoms with Crippen LogP contribution in [0.25, 0.3) is 21.7 Å². The highest BCUT2D eigenvalue weighted by molar-refractivity contribution is 7.19. The number of carbonyl (C=O) groups excluding carboxylic acids is 2. The zero-order chi connectivity index (χ0) is 25.5. The number of piperidine rings is 1. The summed E-state index contributed by atoms with van der Waals surface area (Å²) < 4.78 is 12.9. The Balaban J connectivity index is 1.28. The number of benzene rings is 1. The average molecular weight is 540 g/mol. The van der Waals surface area contributed by atoms with E-state index in [4.69, 9.17) is 20.9 Å². The zero-order valence-electron chi connectivity index (χ0n) is 20.3. The summed E-state index contributed by atoms with van der Waals surface area (Å²) in [6, 6.07) is 11.5. The number of hydrogen-bond donors (Lipinski definition) is 1. The summed E-state index contributed by atoms with van der Waals surface area (Å²) in [7, 11) is 1.33. The van der Waals surface area contributed by atoms with Crippen molar-refractivity contribution in [1.82, 2.24) is 24.9 Å². The molecule has 4 heterocycles. The summed E-state index contributed by atoms with van der Waals surface area (Å²) in [6.45, 7) is 2.28. The van der Waals surface area contributed by atoms with Gasteiger partial charge in [0.1, 0.15) is 5.69 Å². The van der Waals surface area contributed by atoms with E-state index in [2.05, 4.69) is 20.4 Å². The van der Waals surface area contributed by atoms with Gasteiger partial charge in [-0.25, -0.2) is 9.78 Å². The highest BCUT2D eigenvalue weighted by atomic mass is 35.5. The van der Waals surface area contributed by atoms with Gasteiger partial charge in [-0.3, -0.25) is 4.79 Å². The molecule has 9 nitrogen and oxygen atoms in total. The van der Waals surface area contributed by atoms with E-state index in [1.54, 1.807) is 18.2 Å². The Morgan fingerprint density at radius 3 is 2.68 bits per heavy atom. The Kier molecular flexibility index (Phi) is 6.48. The number of esters is 1. The first kappa shape index (κ1) is 24.1. The number of aromatic nitrogens is 3. The highest BCUT2D eigenvalue weighted by Crippen LogP contribution is 2.32. The second kappa shape index (κ2) is 9.92. The van der Waals surface area contributed by atoms with Gasteiger partial charge < -0.3 is 24.0 Å². The molecule has 37 heavy (non-hydrogen) atoms. The van der Waals surface area contributed by atoms with E-state index in [-0.39, 0.29) is 24.3 Å². The van der Waals surface area contributed by atoms with Gasteiger partial charge in [0.2, 0.25) is 0 Å². The van der Waals surface area contributed by atoms with Gasteiger partial charge in [0, 0.05) is 31.2 Å². The Bertz CT molecular complexity index is 1460. The van der Waals surface area contributed by atoms with E-state index < -0.39 is 5.97 Å². The molecule has 2 fully saturated rings. The van der Waals surface area contributed by atoms with Gasteiger partial charge in [0.15, 0.2) is 11.6 Å². The lowest BCUT2D eigenvalue weighted by Crippen LogP contribution is -2.45. The maximum atomic E-state index is 13.5. The third-order valence-electron chi connectivity index (χ3n) is 7.00. The van der Waals surface area contributed by atoms with Crippen LogP contribution in [0.2, 0.25) is 4.34 Å². The van der Waals surface area contributed by atoms with Gasteiger partial charge in [-0.15, -0.1) is 11.3 Å². The number of methoxy groups -OCH3 is 1. The smallest absolute Gasteiger partial charge is 0.337 e. The normalized spacial score (nSPS) is 16.8. The molecule has 1 aliphatic heterocycles. The van der Waals surface area contributed by atoms with E-state index in [9.17, 15) is 9.59 Å². The van der Waals surface area contributed by atoms with Gasteiger partial charge in [0.05, 0.1) is 39.5 Å². The molecule has 0 spiro atoms. The molecular formula is C26H26ClN5O4S. The molecule has 6 rings (SSSR count). The Morgan fingerprint density at radius 1 is 1.16 bits per heavy atom. The molecule has 0 atom stereocenters. The zero-order valence-corrected chi connectivity index (χ0v) is 21.8. The number of likely N-dealkylation sites (tertiary alicyclic amines) is 1. The molecule has 3 aromatic heterocycles. The van der Waals surface area contributed by atoms with Crippen LogP contribution in [0.5, 0.6) is 0 Å². The first-order chi connectivity index (χ1) is 18.0. The lowest BCUT2D eigenvalue weighted by molar-refractivity contribution is 0.0600. The standard InChI is InChI=1S/C26H26ClN5O4S/c1-35-26(34)15-2-5-20-19(12-15)29-24(25(33)28-16-8-10-31(11-9-16)18-3-4-18)32(20)14-17-13-21(36-30-17)22-6-7-23(27)37-22/h2,5-7,12-13,16,18H,3-4,8-11,14H2,1H3,(H,28,33). The van der Waals surface area contributed by atoms with Crippen molar-refractivity contribution in [2.75, 3.05) is 20.2 Å². The van der Waals surface area contributed by atoms with Crippen molar-refractivity contribution in [3.05, 3.63) is 57.8 Å². The number of thiophene rings is 1. The second-order valence-corrected chi connectivity index (χ2v) is 11.2. The number of fused-ring (bicyclic) bond motifs is 1. The number of halogens is 1. The molecule has 1 amide bonds. The number of hydrogen-bond acceptors (Lipinski definition) is 8. The van der Waals surface area contributed by atoms with E-state index in [1.807, 2.05) is 22.8 Å². The van der Waals surface area contributed by atoms with Crippen molar-refractivity contribution in [1.29, 1.82) is 0 Å². The van der Waals surface area contributed by atoms with E-state index in [0.717, 1.165) is 36.9 Å². The average Bonchev–Trinajstić information content (AvgIpc) is 3.32. The maximum absolute atomic E-state index is 13.5. The Morgan fingerprint density at radius 2 is 1.97 bits per heavy atom. The van der Waals surface area contributed by atoms with Gasteiger partial charge in [-0.1, -0.05) is 16.8 Å². The summed E-state index contributed by atoms with van der Waals surface area (Å²) in [5, 5.41) is 7.41. The minimum absolute atomic E-state index is 0.101. The molecule has 1 aliphatic carbocycles. The summed E-state index contributed by atoms with van der Waals surface area (Å²) >= 11 is 7.47. The van der Waals surface area contributed by atoms with E-state index in [1.165, 1.54) is 31.3 Å². The highest BCUT2D eigenvalue weighted by Gasteiger charge is 2.32. The molecule has 1 aromatic carbocycles. The molecule has 11 heteroatoms. The third kappa shape index (κ3) is 5.01. The van der Waals surface area contributed by atoms with Gasteiger partial charge >= 0.3 is 5.97 Å². The lowest BCUT2D eigenvalue weighted by atomic mass is 10.0. The van der Waals surface area contributed by atoms with Crippen LogP contribution in [-0.2, 0) is 11.3 Å². The molecule has 0 bridgehead atoms. The number of ether oxygens (including phenoxy) is 1. The van der Waals surface area contributed by atoms with Crippen molar-refractivity contribution in [2.24, 2.45) is 0 Å². The molecule has 192 valence electrons. The molecule has 0 unspecified atom stereocenters. The largest absolute Gasteiger partial charge is 0.465 e. The third-order valence-corrected chi connectivity index (χ3v) is 8.24. The van der Waals surface area contributed by atoms with Crippen molar-refractivity contribution >= 4 is 45.8 Å². The van der Waals surface area contributed by atoms with Crippen LogP contribution in [0, 0.1) is 0 Å². The fourth-order valence-corrected chi connectivity index (χ4v) is 5.91. The van der Waals surface area contributed by atoms with Crippen LogP contribution in [0.1, 0.15) is 52.4 Å².